The third-order valence-corrected chi connectivity index (χ3v) is 1.89. The first kappa shape index (κ1) is 8.85. The summed E-state index contributed by atoms with van der Waals surface area (Å²) in [5, 5.41) is 0. The van der Waals surface area contributed by atoms with Crippen LogP contribution in [0, 0.1) is 0 Å². The zero-order chi connectivity index (χ0) is 8.48. The molecule has 0 amide bonds. The Kier molecular flexibility index (Phi) is 2.43. The van der Waals surface area contributed by atoms with Crippen molar-refractivity contribution in [2.45, 2.75) is 38.8 Å². The minimum Gasteiger partial charge on any atom is -0.477 e. The van der Waals surface area contributed by atoms with Gasteiger partial charge in [0.05, 0.1) is 17.5 Å². The lowest BCUT2D eigenvalue weighted by Gasteiger charge is -2.30. The summed E-state index contributed by atoms with van der Waals surface area (Å²) in [5.41, 5.74) is 0.00188. The van der Waals surface area contributed by atoms with E-state index in [4.69, 9.17) is 16.3 Å². The number of hydrogen-bond acceptors (Lipinski definition) is 2. The summed E-state index contributed by atoms with van der Waals surface area (Å²) in [6.45, 7) is 6.24. The molecule has 3 heteroatoms. The summed E-state index contributed by atoms with van der Waals surface area (Å²) >= 11 is 5.62. The normalized spacial score (nSPS) is 29.1. The van der Waals surface area contributed by atoms with Crippen LogP contribution < -0.4 is 0 Å². The van der Waals surface area contributed by atoms with Crippen molar-refractivity contribution in [1.29, 1.82) is 0 Å². The second-order valence-corrected chi connectivity index (χ2v) is 3.85. The Bertz CT molecular complexity index is 177. The van der Waals surface area contributed by atoms with Gasteiger partial charge in [0.1, 0.15) is 0 Å². The molecule has 0 aliphatic carbocycles. The van der Waals surface area contributed by atoms with Crippen molar-refractivity contribution in [3.05, 3.63) is 0 Å². The Hall–Kier alpha value is -0.240. The first-order valence-electron chi connectivity index (χ1n) is 3.85. The molecule has 0 saturated heterocycles. The molecule has 0 radical (unpaired) electrons. The van der Waals surface area contributed by atoms with Gasteiger partial charge in [-0.2, -0.15) is 0 Å². The van der Waals surface area contributed by atoms with E-state index in [1.165, 1.54) is 0 Å². The molecular formula is C8H14ClNO. The highest BCUT2D eigenvalue weighted by Crippen LogP contribution is 2.23. The van der Waals surface area contributed by atoms with Crippen LogP contribution in [0.5, 0.6) is 0 Å². The van der Waals surface area contributed by atoms with Crippen LogP contribution in [-0.4, -0.2) is 23.4 Å². The summed E-state index contributed by atoms with van der Waals surface area (Å²) in [6, 6.07) is 0. The van der Waals surface area contributed by atoms with E-state index in [9.17, 15) is 0 Å². The van der Waals surface area contributed by atoms with Crippen LogP contribution in [0.15, 0.2) is 4.99 Å². The highest BCUT2D eigenvalue weighted by Gasteiger charge is 2.27. The Balaban J connectivity index is 2.74. The molecule has 0 aromatic heterocycles. The number of hydrogen-bond donors (Lipinski definition) is 0. The lowest BCUT2D eigenvalue weighted by Crippen LogP contribution is -2.34. The van der Waals surface area contributed by atoms with Crippen molar-refractivity contribution < 1.29 is 4.74 Å². The molecule has 1 unspecified atom stereocenters. The van der Waals surface area contributed by atoms with Gasteiger partial charge in [-0.1, -0.05) is 0 Å². The Labute approximate surface area is 72.6 Å². The average Bonchev–Trinajstić information content (AvgIpc) is 1.83. The molecule has 0 bridgehead atoms. The van der Waals surface area contributed by atoms with E-state index >= 15 is 0 Å². The van der Waals surface area contributed by atoms with Crippen molar-refractivity contribution in [3.63, 3.8) is 0 Å². The zero-order valence-corrected chi connectivity index (χ0v) is 7.98. The van der Waals surface area contributed by atoms with Crippen LogP contribution in [0.25, 0.3) is 0 Å². The number of rotatable bonds is 1. The lowest BCUT2D eigenvalue weighted by molar-refractivity contribution is 0.144. The molecular weight excluding hydrogens is 162 g/mol. The molecule has 64 valence electrons. The number of nitrogens with zero attached hydrogens (tertiary/aromatic N) is 1. The molecule has 0 spiro atoms. The van der Waals surface area contributed by atoms with Crippen LogP contribution >= 0.6 is 11.6 Å². The maximum atomic E-state index is 5.62. The Morgan fingerprint density at radius 3 is 2.82 bits per heavy atom. The molecule has 2 nitrogen and oxygen atoms in total. The van der Waals surface area contributed by atoms with Gasteiger partial charge in [0.2, 0.25) is 0 Å². The van der Waals surface area contributed by atoms with Gasteiger partial charge in [0.15, 0.2) is 5.90 Å². The largest absolute Gasteiger partial charge is 0.477 e. The fourth-order valence-electron chi connectivity index (χ4n) is 1.45. The summed E-state index contributed by atoms with van der Waals surface area (Å²) < 4.78 is 5.39. The Morgan fingerprint density at radius 1 is 1.73 bits per heavy atom. The Morgan fingerprint density at radius 2 is 2.36 bits per heavy atom. The zero-order valence-electron chi connectivity index (χ0n) is 7.22. The van der Waals surface area contributed by atoms with Crippen LogP contribution in [0.3, 0.4) is 0 Å². The fourth-order valence-corrected chi connectivity index (χ4v) is 1.57. The topological polar surface area (TPSA) is 21.6 Å². The predicted molar refractivity (Wildman–Crippen MR) is 47.4 cm³/mol. The molecule has 1 aliphatic heterocycles. The quantitative estimate of drug-likeness (QED) is 0.560. The van der Waals surface area contributed by atoms with Gasteiger partial charge in [0, 0.05) is 6.42 Å². The molecule has 0 fully saturated rings. The van der Waals surface area contributed by atoms with Crippen molar-refractivity contribution in [3.8, 4) is 0 Å². The second-order valence-electron chi connectivity index (χ2n) is 3.58. The van der Waals surface area contributed by atoms with Crippen molar-refractivity contribution in [1.82, 2.24) is 0 Å². The fraction of sp³-hybridized carbons (Fsp3) is 0.875. The number of aliphatic imine (C=N–C) groups is 1. The number of alkyl halides is 1. The molecule has 1 aliphatic rings. The lowest BCUT2D eigenvalue weighted by atomic mass is 9.97. The molecule has 0 N–H and O–H groups in total. The molecule has 1 atom stereocenters. The van der Waals surface area contributed by atoms with E-state index in [0.29, 0.717) is 11.8 Å². The van der Waals surface area contributed by atoms with Gasteiger partial charge in [-0.15, -0.1) is 11.6 Å². The number of ether oxygens (including phenoxy) is 1. The second kappa shape index (κ2) is 3.02. The molecule has 11 heavy (non-hydrogen) atoms. The van der Waals surface area contributed by atoms with Gasteiger partial charge < -0.3 is 4.74 Å². The number of halogens is 1. The van der Waals surface area contributed by atoms with Crippen molar-refractivity contribution in [2.75, 3.05) is 5.88 Å². The smallest absolute Gasteiger partial charge is 0.199 e. The predicted octanol–water partition coefficient (Wildman–Crippen LogP) is 2.21. The summed E-state index contributed by atoms with van der Waals surface area (Å²) in [6.07, 6.45) is 1.21. The minimum atomic E-state index is 0.00188. The maximum Gasteiger partial charge on any atom is 0.199 e. The van der Waals surface area contributed by atoms with Gasteiger partial charge in [-0.25, -0.2) is 4.99 Å². The van der Waals surface area contributed by atoms with E-state index in [1.54, 1.807) is 0 Å². The highest BCUT2D eigenvalue weighted by molar-refractivity contribution is 6.27. The van der Waals surface area contributed by atoms with Gasteiger partial charge in [-0.3, -0.25) is 0 Å². The first-order chi connectivity index (χ1) is 5.03. The average molecular weight is 176 g/mol. The monoisotopic (exact) mass is 175 g/mol. The summed E-state index contributed by atoms with van der Waals surface area (Å²) in [5.74, 6) is 1.06. The standard InChI is InChI=1S/C8H14ClNO/c1-6-4-8(2,3)10-7(5-9)11-6/h6H,4-5H2,1-3H3. The van der Waals surface area contributed by atoms with Gasteiger partial charge in [-0.05, 0) is 20.8 Å². The molecule has 0 aromatic carbocycles. The molecule has 0 saturated carbocycles. The third kappa shape index (κ3) is 2.37. The van der Waals surface area contributed by atoms with E-state index in [0.717, 1.165) is 6.42 Å². The summed E-state index contributed by atoms with van der Waals surface area (Å²) in [4.78, 5) is 4.35. The van der Waals surface area contributed by atoms with Crippen LogP contribution in [0.2, 0.25) is 0 Å². The van der Waals surface area contributed by atoms with E-state index in [1.807, 2.05) is 6.92 Å². The van der Waals surface area contributed by atoms with E-state index in [-0.39, 0.29) is 11.6 Å². The minimum absolute atomic E-state index is 0.00188. The van der Waals surface area contributed by atoms with E-state index < -0.39 is 0 Å². The van der Waals surface area contributed by atoms with Crippen LogP contribution in [0.4, 0.5) is 0 Å². The van der Waals surface area contributed by atoms with Crippen molar-refractivity contribution >= 4 is 17.5 Å². The SMILES string of the molecule is CC1CC(C)(C)N=C(CCl)O1. The van der Waals surface area contributed by atoms with Gasteiger partial charge >= 0.3 is 0 Å². The summed E-state index contributed by atoms with van der Waals surface area (Å²) in [7, 11) is 0. The van der Waals surface area contributed by atoms with Gasteiger partial charge in [0.25, 0.3) is 0 Å². The van der Waals surface area contributed by atoms with Crippen molar-refractivity contribution in [2.24, 2.45) is 4.99 Å². The first-order valence-corrected chi connectivity index (χ1v) is 4.38. The third-order valence-electron chi connectivity index (χ3n) is 1.67. The molecule has 1 rings (SSSR count). The van der Waals surface area contributed by atoms with E-state index in [2.05, 4.69) is 18.8 Å². The van der Waals surface area contributed by atoms with Crippen LogP contribution in [0.1, 0.15) is 27.2 Å². The maximum absolute atomic E-state index is 5.62. The molecule has 0 aromatic rings. The molecule has 1 heterocycles. The van der Waals surface area contributed by atoms with Crippen LogP contribution in [-0.2, 0) is 4.74 Å². The highest BCUT2D eigenvalue weighted by atomic mass is 35.5.